The van der Waals surface area contributed by atoms with Gasteiger partial charge in [-0.1, -0.05) is 13.3 Å². The molecule has 1 aliphatic heterocycles. The summed E-state index contributed by atoms with van der Waals surface area (Å²) in [5.41, 5.74) is 0. The van der Waals surface area contributed by atoms with Gasteiger partial charge in [0.15, 0.2) is 11.6 Å². The van der Waals surface area contributed by atoms with Gasteiger partial charge in [-0.2, -0.15) is 0 Å². The number of hydrogen-bond donors (Lipinski definition) is 0. The fourth-order valence-electron chi connectivity index (χ4n) is 5.16. The van der Waals surface area contributed by atoms with Crippen LogP contribution in [-0.2, 0) is 18.9 Å². The smallest absolute Gasteiger partial charge is 0.179 e. The lowest BCUT2D eigenvalue weighted by atomic mass is 9.76. The van der Waals surface area contributed by atoms with Gasteiger partial charge in [0, 0.05) is 33.2 Å². The Morgan fingerprint density at radius 2 is 1.95 bits per heavy atom. The highest BCUT2D eigenvalue weighted by Crippen LogP contribution is 2.69. The molecule has 0 aromatic heterocycles. The van der Waals surface area contributed by atoms with Crippen LogP contribution >= 0.6 is 0 Å². The topological polar surface area (TPSA) is 36.9 Å². The van der Waals surface area contributed by atoms with Crippen molar-refractivity contribution in [1.29, 1.82) is 0 Å². The van der Waals surface area contributed by atoms with E-state index in [1.807, 2.05) is 6.92 Å². The molecule has 2 bridgehead atoms. The minimum atomic E-state index is -0.504. The molecule has 0 amide bonds. The molecular weight excluding hydrogens is 244 g/mol. The van der Waals surface area contributed by atoms with Gasteiger partial charge in [-0.05, 0) is 25.2 Å². The first-order valence-corrected chi connectivity index (χ1v) is 7.57. The van der Waals surface area contributed by atoms with Crippen molar-refractivity contribution < 1.29 is 18.9 Å². The van der Waals surface area contributed by atoms with E-state index in [2.05, 4.69) is 6.92 Å². The molecule has 3 rings (SSSR count). The van der Waals surface area contributed by atoms with Crippen LogP contribution < -0.4 is 0 Å². The van der Waals surface area contributed by atoms with Gasteiger partial charge in [0.1, 0.15) is 0 Å². The zero-order chi connectivity index (χ0) is 13.7. The van der Waals surface area contributed by atoms with Gasteiger partial charge in [-0.25, -0.2) is 0 Å². The van der Waals surface area contributed by atoms with Crippen LogP contribution in [0.2, 0.25) is 0 Å². The average molecular weight is 270 g/mol. The van der Waals surface area contributed by atoms with Crippen molar-refractivity contribution in [2.75, 3.05) is 27.4 Å². The molecule has 1 heterocycles. The SMILES string of the molecule is CCC[C@@H]1[C@@H]2CO[C@]3(OCC)C[C@H]1C(OC)(OC)[C@H]23. The Labute approximate surface area is 115 Å². The molecule has 4 nitrogen and oxygen atoms in total. The zero-order valence-corrected chi connectivity index (χ0v) is 12.5. The van der Waals surface area contributed by atoms with E-state index < -0.39 is 11.6 Å². The maximum atomic E-state index is 6.11. The molecule has 2 aliphatic carbocycles. The van der Waals surface area contributed by atoms with E-state index >= 15 is 0 Å². The molecule has 0 aromatic rings. The fraction of sp³-hybridized carbons (Fsp3) is 1.00. The second kappa shape index (κ2) is 4.69. The van der Waals surface area contributed by atoms with Crippen molar-refractivity contribution in [3.63, 3.8) is 0 Å². The molecule has 0 N–H and O–H groups in total. The van der Waals surface area contributed by atoms with Crippen LogP contribution in [0.15, 0.2) is 0 Å². The third-order valence-electron chi connectivity index (χ3n) is 5.59. The standard InChI is InChI=1S/C15H26O4/c1-5-7-10-11-9-19-14(18-6-2)8-12(10)15(16-3,17-4)13(11)14/h10-13H,5-9H2,1-4H3/t10-,11+,12-,13-,14-/m1/s1. The van der Waals surface area contributed by atoms with Gasteiger partial charge in [-0.3, -0.25) is 0 Å². The lowest BCUT2D eigenvalue weighted by molar-refractivity contribution is -0.277. The number of ether oxygens (including phenoxy) is 4. The second-order valence-corrected chi connectivity index (χ2v) is 6.09. The van der Waals surface area contributed by atoms with Crippen molar-refractivity contribution in [3.05, 3.63) is 0 Å². The Morgan fingerprint density at radius 1 is 1.21 bits per heavy atom. The van der Waals surface area contributed by atoms with Crippen LogP contribution in [0.25, 0.3) is 0 Å². The number of methoxy groups -OCH3 is 2. The van der Waals surface area contributed by atoms with E-state index in [9.17, 15) is 0 Å². The number of rotatable bonds is 6. The summed E-state index contributed by atoms with van der Waals surface area (Å²) < 4.78 is 23.9. The summed E-state index contributed by atoms with van der Waals surface area (Å²) in [6, 6.07) is 0. The lowest BCUT2D eigenvalue weighted by Gasteiger charge is -2.35. The van der Waals surface area contributed by atoms with Crippen LogP contribution in [0.4, 0.5) is 0 Å². The Morgan fingerprint density at radius 3 is 2.53 bits per heavy atom. The first-order chi connectivity index (χ1) is 9.19. The molecular formula is C15H26O4. The monoisotopic (exact) mass is 270 g/mol. The summed E-state index contributed by atoms with van der Waals surface area (Å²) in [6.45, 7) is 5.75. The van der Waals surface area contributed by atoms with Crippen LogP contribution in [0, 0.1) is 23.7 Å². The molecule has 0 radical (unpaired) electrons. The van der Waals surface area contributed by atoms with Gasteiger partial charge >= 0.3 is 0 Å². The predicted octanol–water partition coefficient (Wildman–Crippen LogP) is 2.42. The van der Waals surface area contributed by atoms with E-state index in [0.717, 1.165) is 13.0 Å². The van der Waals surface area contributed by atoms with Gasteiger partial charge < -0.3 is 18.9 Å². The molecule has 3 aliphatic rings. The highest BCUT2D eigenvalue weighted by atomic mass is 16.7. The lowest BCUT2D eigenvalue weighted by Crippen LogP contribution is -2.46. The summed E-state index contributed by atoms with van der Waals surface area (Å²) in [5, 5.41) is 0. The molecule has 19 heavy (non-hydrogen) atoms. The third-order valence-corrected chi connectivity index (χ3v) is 5.59. The van der Waals surface area contributed by atoms with Gasteiger partial charge in [0.25, 0.3) is 0 Å². The first-order valence-electron chi connectivity index (χ1n) is 7.57. The van der Waals surface area contributed by atoms with Crippen molar-refractivity contribution >= 4 is 0 Å². The molecule has 4 heteroatoms. The summed E-state index contributed by atoms with van der Waals surface area (Å²) in [5.74, 6) is 0.815. The fourth-order valence-corrected chi connectivity index (χ4v) is 5.16. The second-order valence-electron chi connectivity index (χ2n) is 6.09. The Kier molecular flexibility index (Phi) is 3.41. The normalized spacial score (nSPS) is 46.1. The van der Waals surface area contributed by atoms with Gasteiger partial charge in [0.2, 0.25) is 0 Å². The Hall–Kier alpha value is -0.160. The van der Waals surface area contributed by atoms with Gasteiger partial charge in [-0.15, -0.1) is 0 Å². The molecule has 2 saturated carbocycles. The minimum Gasteiger partial charge on any atom is -0.352 e. The van der Waals surface area contributed by atoms with Crippen molar-refractivity contribution in [2.45, 2.75) is 44.7 Å². The zero-order valence-electron chi connectivity index (χ0n) is 12.5. The average Bonchev–Trinajstić information content (AvgIpc) is 2.94. The number of hydrogen-bond acceptors (Lipinski definition) is 4. The van der Waals surface area contributed by atoms with Crippen molar-refractivity contribution in [3.8, 4) is 0 Å². The highest BCUT2D eigenvalue weighted by molar-refractivity contribution is 5.18. The quantitative estimate of drug-likeness (QED) is 0.695. The van der Waals surface area contributed by atoms with E-state index in [0.29, 0.717) is 24.4 Å². The largest absolute Gasteiger partial charge is 0.352 e. The van der Waals surface area contributed by atoms with Gasteiger partial charge in [0.05, 0.1) is 12.5 Å². The first kappa shape index (κ1) is 13.8. The van der Waals surface area contributed by atoms with Crippen LogP contribution in [0.3, 0.4) is 0 Å². The molecule has 0 spiro atoms. The molecule has 5 atom stereocenters. The Balaban J connectivity index is 1.98. The van der Waals surface area contributed by atoms with Crippen molar-refractivity contribution in [1.82, 2.24) is 0 Å². The van der Waals surface area contributed by atoms with E-state index in [-0.39, 0.29) is 5.92 Å². The molecule has 110 valence electrons. The van der Waals surface area contributed by atoms with Crippen LogP contribution in [0.1, 0.15) is 33.1 Å². The predicted molar refractivity (Wildman–Crippen MR) is 70.5 cm³/mol. The Bertz CT molecular complexity index is 341. The molecule has 0 unspecified atom stereocenters. The summed E-state index contributed by atoms with van der Waals surface area (Å²) in [4.78, 5) is 0. The van der Waals surface area contributed by atoms with Crippen LogP contribution in [-0.4, -0.2) is 39.0 Å². The summed E-state index contributed by atoms with van der Waals surface area (Å²) in [6.07, 6.45) is 3.34. The minimum absolute atomic E-state index is 0.219. The molecule has 0 aromatic carbocycles. The third kappa shape index (κ3) is 1.54. The summed E-state index contributed by atoms with van der Waals surface area (Å²) in [7, 11) is 3.53. The summed E-state index contributed by atoms with van der Waals surface area (Å²) >= 11 is 0. The van der Waals surface area contributed by atoms with Crippen molar-refractivity contribution in [2.24, 2.45) is 23.7 Å². The van der Waals surface area contributed by atoms with Crippen LogP contribution in [0.5, 0.6) is 0 Å². The number of fused-ring (bicyclic) bond motifs is 1. The maximum absolute atomic E-state index is 6.11. The maximum Gasteiger partial charge on any atom is 0.179 e. The van der Waals surface area contributed by atoms with E-state index in [1.54, 1.807) is 14.2 Å². The van der Waals surface area contributed by atoms with E-state index in [1.165, 1.54) is 12.8 Å². The molecule has 1 saturated heterocycles. The molecule has 3 fully saturated rings. The van der Waals surface area contributed by atoms with E-state index in [4.69, 9.17) is 18.9 Å². The highest BCUT2D eigenvalue weighted by Gasteiger charge is 2.78.